The molecule has 1 aliphatic heterocycles. The highest BCUT2D eigenvalue weighted by Gasteiger charge is 2.32. The molecule has 1 aromatic rings. The van der Waals surface area contributed by atoms with Crippen molar-refractivity contribution in [3.8, 4) is 0 Å². The lowest BCUT2D eigenvalue weighted by molar-refractivity contribution is 0.0253. The summed E-state index contributed by atoms with van der Waals surface area (Å²) in [6, 6.07) is 0. The predicted molar refractivity (Wildman–Crippen MR) is 57.9 cm³/mol. The maximum atomic E-state index is 6.08. The van der Waals surface area contributed by atoms with Gasteiger partial charge in [-0.25, -0.2) is 0 Å². The van der Waals surface area contributed by atoms with E-state index in [0.29, 0.717) is 5.88 Å². The van der Waals surface area contributed by atoms with Crippen molar-refractivity contribution in [2.75, 3.05) is 19.1 Å². The van der Waals surface area contributed by atoms with E-state index in [1.165, 1.54) is 0 Å². The maximum absolute atomic E-state index is 6.08. The van der Waals surface area contributed by atoms with E-state index < -0.39 is 0 Å². The van der Waals surface area contributed by atoms with E-state index in [1.807, 2.05) is 13.2 Å². The van der Waals surface area contributed by atoms with Crippen LogP contribution in [0, 0.1) is 5.41 Å². The fraction of sp³-hybridized carbons (Fsp3) is 0.800. The van der Waals surface area contributed by atoms with Crippen molar-refractivity contribution in [3.05, 3.63) is 11.9 Å². The monoisotopic (exact) mass is 229 g/mol. The van der Waals surface area contributed by atoms with E-state index in [0.717, 1.165) is 38.2 Å². The Bertz CT molecular complexity index is 320. The molecule has 4 nitrogen and oxygen atoms in total. The minimum absolute atomic E-state index is 0.163. The molecule has 2 rings (SSSR count). The molecular formula is C10H16ClN3O. The van der Waals surface area contributed by atoms with Crippen LogP contribution in [0.2, 0.25) is 0 Å². The third-order valence-electron chi connectivity index (χ3n) is 3.04. The zero-order valence-electron chi connectivity index (χ0n) is 8.95. The van der Waals surface area contributed by atoms with Crippen LogP contribution in [-0.2, 0) is 18.2 Å². The van der Waals surface area contributed by atoms with Gasteiger partial charge in [-0.3, -0.25) is 4.68 Å². The number of aryl methyl sites for hydroxylation is 1. The van der Waals surface area contributed by atoms with Gasteiger partial charge in [-0.2, -0.15) is 0 Å². The summed E-state index contributed by atoms with van der Waals surface area (Å²) in [5.74, 6) is 0.674. The molecule has 0 aromatic carbocycles. The Hall–Kier alpha value is -0.610. The Morgan fingerprint density at radius 1 is 1.53 bits per heavy atom. The molecule has 2 heterocycles. The number of ether oxygens (including phenoxy) is 1. The molecule has 0 atom stereocenters. The van der Waals surface area contributed by atoms with E-state index >= 15 is 0 Å². The number of halogens is 1. The Balaban J connectivity index is 2.06. The highest BCUT2D eigenvalue weighted by molar-refractivity contribution is 6.18. The van der Waals surface area contributed by atoms with E-state index in [1.54, 1.807) is 4.68 Å². The SMILES string of the molecule is Cn1cc(CC2(CCl)CCOCC2)nn1. The summed E-state index contributed by atoms with van der Waals surface area (Å²) in [5, 5.41) is 8.06. The fourth-order valence-electron chi connectivity index (χ4n) is 2.02. The first-order valence-electron chi connectivity index (χ1n) is 5.23. The molecule has 0 spiro atoms. The molecule has 0 N–H and O–H groups in total. The summed E-state index contributed by atoms with van der Waals surface area (Å²) in [6.45, 7) is 1.62. The molecule has 1 saturated heterocycles. The number of rotatable bonds is 3. The number of hydrogen-bond acceptors (Lipinski definition) is 3. The molecule has 0 radical (unpaired) electrons. The number of hydrogen-bond donors (Lipinski definition) is 0. The lowest BCUT2D eigenvalue weighted by atomic mass is 9.78. The summed E-state index contributed by atoms with van der Waals surface area (Å²) in [4.78, 5) is 0. The molecule has 1 fully saturated rings. The quantitative estimate of drug-likeness (QED) is 0.736. The van der Waals surface area contributed by atoms with Crippen molar-refractivity contribution < 1.29 is 4.74 Å². The van der Waals surface area contributed by atoms with Gasteiger partial charge in [0.1, 0.15) is 0 Å². The van der Waals surface area contributed by atoms with E-state index in [9.17, 15) is 0 Å². The second kappa shape index (κ2) is 4.49. The second-order valence-electron chi connectivity index (χ2n) is 4.31. The van der Waals surface area contributed by atoms with Gasteiger partial charge in [0.15, 0.2) is 0 Å². The lowest BCUT2D eigenvalue weighted by Crippen LogP contribution is -2.33. The average molecular weight is 230 g/mol. The first-order valence-corrected chi connectivity index (χ1v) is 5.76. The second-order valence-corrected chi connectivity index (χ2v) is 4.57. The summed E-state index contributed by atoms with van der Waals surface area (Å²) < 4.78 is 7.10. The Labute approximate surface area is 94.6 Å². The molecule has 15 heavy (non-hydrogen) atoms. The van der Waals surface area contributed by atoms with Crippen LogP contribution in [0.25, 0.3) is 0 Å². The van der Waals surface area contributed by atoms with Gasteiger partial charge in [0, 0.05) is 38.8 Å². The van der Waals surface area contributed by atoms with Crippen LogP contribution in [0.4, 0.5) is 0 Å². The van der Waals surface area contributed by atoms with Crippen molar-refractivity contribution in [1.29, 1.82) is 0 Å². The van der Waals surface area contributed by atoms with Crippen LogP contribution in [0.5, 0.6) is 0 Å². The van der Waals surface area contributed by atoms with E-state index in [-0.39, 0.29) is 5.41 Å². The number of aromatic nitrogens is 3. The van der Waals surface area contributed by atoms with Crippen molar-refractivity contribution in [2.45, 2.75) is 19.3 Å². The van der Waals surface area contributed by atoms with Crippen LogP contribution in [0.15, 0.2) is 6.20 Å². The van der Waals surface area contributed by atoms with Gasteiger partial charge in [-0.15, -0.1) is 16.7 Å². The van der Waals surface area contributed by atoms with E-state index in [2.05, 4.69) is 10.3 Å². The maximum Gasteiger partial charge on any atom is 0.0833 e. The molecule has 84 valence electrons. The molecule has 0 unspecified atom stereocenters. The van der Waals surface area contributed by atoms with Crippen molar-refractivity contribution in [2.24, 2.45) is 12.5 Å². The summed E-state index contributed by atoms with van der Waals surface area (Å²) in [5.41, 5.74) is 1.19. The van der Waals surface area contributed by atoms with Crippen molar-refractivity contribution >= 4 is 11.6 Å². The third kappa shape index (κ3) is 2.49. The average Bonchev–Trinajstić information content (AvgIpc) is 2.65. The lowest BCUT2D eigenvalue weighted by Gasteiger charge is -2.34. The molecule has 0 saturated carbocycles. The number of alkyl halides is 1. The summed E-state index contributed by atoms with van der Waals surface area (Å²) >= 11 is 6.08. The van der Waals surface area contributed by atoms with Gasteiger partial charge in [-0.05, 0) is 18.3 Å². The summed E-state index contributed by atoms with van der Waals surface area (Å²) in [6.07, 6.45) is 4.91. The minimum Gasteiger partial charge on any atom is -0.381 e. The van der Waals surface area contributed by atoms with E-state index in [4.69, 9.17) is 16.3 Å². The minimum atomic E-state index is 0.163. The first-order chi connectivity index (χ1) is 7.24. The van der Waals surface area contributed by atoms with Gasteiger partial charge in [0.2, 0.25) is 0 Å². The third-order valence-corrected chi connectivity index (χ3v) is 3.61. The van der Waals surface area contributed by atoms with Gasteiger partial charge in [0.25, 0.3) is 0 Å². The Morgan fingerprint density at radius 3 is 2.80 bits per heavy atom. The van der Waals surface area contributed by atoms with Gasteiger partial charge in [0.05, 0.1) is 5.69 Å². The highest BCUT2D eigenvalue weighted by atomic mass is 35.5. The first kappa shape index (κ1) is 10.9. The van der Waals surface area contributed by atoms with Gasteiger partial charge in [-0.1, -0.05) is 5.21 Å². The molecule has 0 bridgehead atoms. The standard InChI is InChI=1S/C10H16ClN3O/c1-14-7-9(12-13-14)6-10(8-11)2-4-15-5-3-10/h7H,2-6,8H2,1H3. The van der Waals surface area contributed by atoms with Crippen LogP contribution >= 0.6 is 11.6 Å². The molecule has 0 amide bonds. The zero-order valence-corrected chi connectivity index (χ0v) is 9.70. The highest BCUT2D eigenvalue weighted by Crippen LogP contribution is 2.34. The molecule has 1 aromatic heterocycles. The normalized spacial score (nSPS) is 20.4. The smallest absolute Gasteiger partial charge is 0.0833 e. The fourth-order valence-corrected chi connectivity index (χ4v) is 2.38. The van der Waals surface area contributed by atoms with Crippen LogP contribution in [-0.4, -0.2) is 34.1 Å². The van der Waals surface area contributed by atoms with Crippen molar-refractivity contribution in [3.63, 3.8) is 0 Å². The van der Waals surface area contributed by atoms with Crippen LogP contribution < -0.4 is 0 Å². The molecule has 1 aliphatic rings. The summed E-state index contributed by atoms with van der Waals surface area (Å²) in [7, 11) is 1.88. The van der Waals surface area contributed by atoms with Gasteiger partial charge >= 0.3 is 0 Å². The molecule has 0 aliphatic carbocycles. The molecular weight excluding hydrogens is 214 g/mol. The predicted octanol–water partition coefficient (Wildman–Crippen LogP) is 1.39. The topological polar surface area (TPSA) is 39.9 Å². The van der Waals surface area contributed by atoms with Crippen LogP contribution in [0.1, 0.15) is 18.5 Å². The van der Waals surface area contributed by atoms with Crippen LogP contribution in [0.3, 0.4) is 0 Å². The Morgan fingerprint density at radius 2 is 2.27 bits per heavy atom. The van der Waals surface area contributed by atoms with Gasteiger partial charge < -0.3 is 4.74 Å². The molecule has 5 heteroatoms. The number of nitrogens with zero attached hydrogens (tertiary/aromatic N) is 3. The Kier molecular flexibility index (Phi) is 3.26. The largest absolute Gasteiger partial charge is 0.381 e. The zero-order chi connectivity index (χ0) is 10.7. The van der Waals surface area contributed by atoms with Crippen molar-refractivity contribution in [1.82, 2.24) is 15.0 Å².